The van der Waals surface area contributed by atoms with Crippen molar-refractivity contribution >= 4 is 17.5 Å². The number of aromatic nitrogens is 2. The molecule has 0 saturated heterocycles. The van der Waals surface area contributed by atoms with E-state index in [2.05, 4.69) is 25.9 Å². The van der Waals surface area contributed by atoms with Crippen LogP contribution in [0.2, 0.25) is 0 Å². The molecule has 2 aromatic rings. The molecule has 0 aliphatic carbocycles. The maximum Gasteiger partial charge on any atom is 0.319 e. The number of hydrogen-bond donors (Lipinski definition) is 3. The summed E-state index contributed by atoms with van der Waals surface area (Å²) in [6.45, 7) is 0.384. The fourth-order valence-electron chi connectivity index (χ4n) is 1.46. The monoisotopic (exact) mass is 257 g/mol. The average molecular weight is 257 g/mol. The van der Waals surface area contributed by atoms with Gasteiger partial charge in [0.1, 0.15) is 5.82 Å². The zero-order valence-corrected chi connectivity index (χ0v) is 10.6. The van der Waals surface area contributed by atoms with Crippen LogP contribution in [0.4, 0.5) is 16.3 Å². The smallest absolute Gasteiger partial charge is 0.319 e. The van der Waals surface area contributed by atoms with Crippen LogP contribution in [-0.4, -0.2) is 23.0 Å². The third-order valence-electron chi connectivity index (χ3n) is 2.43. The second kappa shape index (κ2) is 6.34. The predicted octanol–water partition coefficient (Wildman–Crippen LogP) is 1.84. The number of hydrogen-bond acceptors (Lipinski definition) is 4. The van der Waals surface area contributed by atoms with Gasteiger partial charge in [0, 0.05) is 13.2 Å². The van der Waals surface area contributed by atoms with Crippen molar-refractivity contribution in [2.75, 3.05) is 17.7 Å². The van der Waals surface area contributed by atoms with Crippen LogP contribution in [0, 0.1) is 0 Å². The summed E-state index contributed by atoms with van der Waals surface area (Å²) in [5, 5.41) is 8.32. The largest absolute Gasteiger partial charge is 0.373 e. The Balaban J connectivity index is 1.83. The van der Waals surface area contributed by atoms with Gasteiger partial charge in [-0.05, 0) is 24.3 Å². The fourth-order valence-corrected chi connectivity index (χ4v) is 1.46. The summed E-state index contributed by atoms with van der Waals surface area (Å²) in [5.41, 5.74) is 1.44. The van der Waals surface area contributed by atoms with Crippen molar-refractivity contribution in [1.82, 2.24) is 15.3 Å². The molecule has 0 radical (unpaired) electrons. The van der Waals surface area contributed by atoms with Crippen LogP contribution in [0.25, 0.3) is 0 Å². The molecule has 0 unspecified atom stereocenters. The van der Waals surface area contributed by atoms with E-state index in [1.165, 1.54) is 0 Å². The summed E-state index contributed by atoms with van der Waals surface area (Å²) in [6.07, 6.45) is 3.28. The van der Waals surface area contributed by atoms with Crippen molar-refractivity contribution in [3.8, 4) is 0 Å². The van der Waals surface area contributed by atoms with Crippen LogP contribution in [0.1, 0.15) is 5.69 Å². The quantitative estimate of drug-likeness (QED) is 0.781. The van der Waals surface area contributed by atoms with E-state index in [1.54, 1.807) is 31.6 Å². The summed E-state index contributed by atoms with van der Waals surface area (Å²) in [6, 6.07) is 8.84. The van der Waals surface area contributed by atoms with Crippen LogP contribution in [0.15, 0.2) is 42.7 Å². The van der Waals surface area contributed by atoms with E-state index in [0.29, 0.717) is 12.2 Å². The third-order valence-corrected chi connectivity index (χ3v) is 2.43. The molecule has 2 rings (SSSR count). The van der Waals surface area contributed by atoms with E-state index in [0.717, 1.165) is 11.5 Å². The Bertz CT molecular complexity index is 526. The van der Waals surface area contributed by atoms with E-state index in [-0.39, 0.29) is 6.03 Å². The molecule has 0 spiro atoms. The summed E-state index contributed by atoms with van der Waals surface area (Å²) < 4.78 is 0. The highest BCUT2D eigenvalue weighted by atomic mass is 16.2. The Morgan fingerprint density at radius 2 is 2.11 bits per heavy atom. The molecule has 2 amide bonds. The highest BCUT2D eigenvalue weighted by molar-refractivity contribution is 5.89. The molecule has 19 heavy (non-hydrogen) atoms. The highest BCUT2D eigenvalue weighted by Crippen LogP contribution is 2.08. The zero-order chi connectivity index (χ0) is 13.5. The number of urea groups is 1. The molecule has 0 aliphatic heterocycles. The molecule has 2 aromatic heterocycles. The number of rotatable bonds is 4. The van der Waals surface area contributed by atoms with Crippen molar-refractivity contribution in [3.63, 3.8) is 0 Å². The molecule has 3 N–H and O–H groups in total. The molecule has 0 aliphatic rings. The number of carbonyl (C=O) groups is 1. The lowest BCUT2D eigenvalue weighted by atomic mass is 10.3. The Kier molecular flexibility index (Phi) is 4.28. The van der Waals surface area contributed by atoms with Crippen molar-refractivity contribution in [1.29, 1.82) is 0 Å². The van der Waals surface area contributed by atoms with E-state index in [4.69, 9.17) is 0 Å². The van der Waals surface area contributed by atoms with Crippen LogP contribution in [0.3, 0.4) is 0 Å². The average Bonchev–Trinajstić information content (AvgIpc) is 2.47. The van der Waals surface area contributed by atoms with E-state index in [1.807, 2.05) is 18.2 Å². The molecular formula is C13H15N5O. The Labute approximate surface area is 111 Å². The molecule has 6 heteroatoms. The first kappa shape index (κ1) is 12.8. The predicted molar refractivity (Wildman–Crippen MR) is 73.9 cm³/mol. The topological polar surface area (TPSA) is 78.9 Å². The highest BCUT2D eigenvalue weighted by Gasteiger charge is 2.02. The molecular weight excluding hydrogens is 242 g/mol. The summed E-state index contributed by atoms with van der Waals surface area (Å²) in [4.78, 5) is 19.9. The summed E-state index contributed by atoms with van der Waals surface area (Å²) in [5.74, 6) is 0.749. The van der Waals surface area contributed by atoms with Crippen LogP contribution in [0.5, 0.6) is 0 Å². The standard InChI is InChI=1S/C13H15N5O/c1-14-12-6-5-11(9-16-12)18-13(19)17-8-10-4-2-3-7-15-10/h2-7,9H,8H2,1H3,(H,14,16)(H2,17,18,19). The van der Waals surface area contributed by atoms with Crippen molar-refractivity contribution < 1.29 is 4.79 Å². The van der Waals surface area contributed by atoms with E-state index in [9.17, 15) is 4.79 Å². The second-order valence-electron chi connectivity index (χ2n) is 3.81. The first-order valence-corrected chi connectivity index (χ1v) is 5.86. The van der Waals surface area contributed by atoms with Crippen molar-refractivity contribution in [2.24, 2.45) is 0 Å². The van der Waals surface area contributed by atoms with E-state index >= 15 is 0 Å². The Hall–Kier alpha value is -2.63. The lowest BCUT2D eigenvalue weighted by molar-refractivity contribution is 0.251. The minimum absolute atomic E-state index is 0.287. The van der Waals surface area contributed by atoms with Gasteiger partial charge in [0.15, 0.2) is 0 Å². The number of amides is 2. The van der Waals surface area contributed by atoms with Gasteiger partial charge in [-0.3, -0.25) is 4.98 Å². The first-order valence-electron chi connectivity index (χ1n) is 5.86. The van der Waals surface area contributed by atoms with Gasteiger partial charge in [-0.25, -0.2) is 9.78 Å². The van der Waals surface area contributed by atoms with Crippen molar-refractivity contribution in [3.05, 3.63) is 48.4 Å². The molecule has 0 aromatic carbocycles. The van der Waals surface area contributed by atoms with Gasteiger partial charge in [0.2, 0.25) is 0 Å². The van der Waals surface area contributed by atoms with Gasteiger partial charge in [0.05, 0.1) is 24.1 Å². The van der Waals surface area contributed by atoms with E-state index < -0.39 is 0 Å². The lowest BCUT2D eigenvalue weighted by Gasteiger charge is -2.07. The summed E-state index contributed by atoms with van der Waals surface area (Å²) >= 11 is 0. The van der Waals surface area contributed by atoms with Crippen molar-refractivity contribution in [2.45, 2.75) is 6.54 Å². The number of carbonyl (C=O) groups excluding carboxylic acids is 1. The zero-order valence-electron chi connectivity index (χ0n) is 10.6. The molecule has 6 nitrogen and oxygen atoms in total. The van der Waals surface area contributed by atoms with Gasteiger partial charge >= 0.3 is 6.03 Å². The summed E-state index contributed by atoms with van der Waals surface area (Å²) in [7, 11) is 1.79. The molecule has 98 valence electrons. The van der Waals surface area contributed by atoms with Gasteiger partial charge < -0.3 is 16.0 Å². The molecule has 0 atom stereocenters. The number of pyridine rings is 2. The van der Waals surface area contributed by atoms with Crippen LogP contribution < -0.4 is 16.0 Å². The number of anilines is 2. The Morgan fingerprint density at radius 1 is 1.21 bits per heavy atom. The van der Waals surface area contributed by atoms with Gasteiger partial charge in [-0.2, -0.15) is 0 Å². The fraction of sp³-hybridized carbons (Fsp3) is 0.154. The maximum atomic E-state index is 11.6. The van der Waals surface area contributed by atoms with Gasteiger partial charge in [-0.15, -0.1) is 0 Å². The van der Waals surface area contributed by atoms with Gasteiger partial charge in [-0.1, -0.05) is 6.07 Å². The minimum Gasteiger partial charge on any atom is -0.373 e. The molecule has 0 saturated carbocycles. The molecule has 0 fully saturated rings. The minimum atomic E-state index is -0.287. The molecule has 0 bridgehead atoms. The number of nitrogens with one attached hydrogen (secondary N) is 3. The van der Waals surface area contributed by atoms with Crippen LogP contribution in [-0.2, 0) is 6.54 Å². The first-order chi connectivity index (χ1) is 9.28. The molecule has 2 heterocycles. The third kappa shape index (κ3) is 3.95. The SMILES string of the molecule is CNc1ccc(NC(=O)NCc2ccccn2)cn1. The Morgan fingerprint density at radius 3 is 2.74 bits per heavy atom. The lowest BCUT2D eigenvalue weighted by Crippen LogP contribution is -2.28. The van der Waals surface area contributed by atoms with Gasteiger partial charge in [0.25, 0.3) is 0 Å². The second-order valence-corrected chi connectivity index (χ2v) is 3.81. The normalized spacial score (nSPS) is 9.74. The van der Waals surface area contributed by atoms with Crippen LogP contribution >= 0.6 is 0 Å². The number of nitrogens with zero attached hydrogens (tertiary/aromatic N) is 2. The maximum absolute atomic E-state index is 11.6.